The van der Waals surface area contributed by atoms with Crippen LogP contribution >= 0.6 is 31.9 Å². The third kappa shape index (κ3) is 3.94. The topological polar surface area (TPSA) is 87.8 Å². The van der Waals surface area contributed by atoms with Gasteiger partial charge in [0.2, 0.25) is 5.91 Å². The molecule has 0 spiro atoms. The average Bonchev–Trinajstić information content (AvgIpc) is 2.30. The van der Waals surface area contributed by atoms with Crippen molar-refractivity contribution in [3.63, 3.8) is 0 Å². The minimum absolute atomic E-state index is 0.170. The van der Waals surface area contributed by atoms with Crippen molar-refractivity contribution in [2.45, 2.75) is 13.0 Å². The van der Waals surface area contributed by atoms with Crippen LogP contribution in [0, 0.1) is 11.3 Å². The maximum absolute atomic E-state index is 11.6. The van der Waals surface area contributed by atoms with Crippen molar-refractivity contribution in [3.8, 4) is 6.07 Å². The molecular weight excluding hydrogens is 356 g/mol. The minimum atomic E-state index is -0.394. The van der Waals surface area contributed by atoms with Crippen LogP contribution in [0.25, 0.3) is 0 Å². The molecule has 1 amide bonds. The lowest BCUT2D eigenvalue weighted by Crippen LogP contribution is -2.34. The predicted octanol–water partition coefficient (Wildman–Crippen LogP) is 0.798. The van der Waals surface area contributed by atoms with Gasteiger partial charge in [-0.15, -0.1) is 0 Å². The monoisotopic (exact) mass is 362 g/mol. The van der Waals surface area contributed by atoms with E-state index in [1.807, 2.05) is 6.07 Å². The first-order valence-corrected chi connectivity index (χ1v) is 6.19. The first-order chi connectivity index (χ1) is 8.06. The first-order valence-electron chi connectivity index (χ1n) is 4.61. The molecule has 1 rings (SSSR count). The van der Waals surface area contributed by atoms with Crippen LogP contribution in [0.3, 0.4) is 0 Å². The van der Waals surface area contributed by atoms with Crippen molar-refractivity contribution in [1.29, 1.82) is 5.26 Å². The Kier molecular flexibility index (Phi) is 5.31. The van der Waals surface area contributed by atoms with Crippen LogP contribution in [0.4, 0.5) is 0 Å². The summed E-state index contributed by atoms with van der Waals surface area (Å²) in [5, 5.41) is 14.6. The highest BCUT2D eigenvalue weighted by molar-refractivity contribution is 9.13. The third-order valence-corrected chi connectivity index (χ3v) is 3.69. The van der Waals surface area contributed by atoms with E-state index >= 15 is 0 Å². The second kappa shape index (κ2) is 6.51. The molecule has 0 aliphatic rings. The summed E-state index contributed by atoms with van der Waals surface area (Å²) in [6.07, 6.45) is 1.66. The summed E-state index contributed by atoms with van der Waals surface area (Å²) in [6, 6.07) is 1.90. The van der Waals surface area contributed by atoms with Gasteiger partial charge in [-0.05, 0) is 31.9 Å². The highest BCUT2D eigenvalue weighted by atomic mass is 79.9. The van der Waals surface area contributed by atoms with Crippen LogP contribution in [0.1, 0.15) is 6.42 Å². The van der Waals surface area contributed by atoms with Gasteiger partial charge < -0.3 is 5.32 Å². The van der Waals surface area contributed by atoms with Crippen molar-refractivity contribution in [2.75, 3.05) is 6.54 Å². The van der Waals surface area contributed by atoms with Gasteiger partial charge in [0.25, 0.3) is 5.56 Å². The zero-order chi connectivity index (χ0) is 12.8. The molecule has 1 aromatic rings. The highest BCUT2D eigenvalue weighted by Crippen LogP contribution is 2.16. The molecule has 17 heavy (non-hydrogen) atoms. The summed E-state index contributed by atoms with van der Waals surface area (Å²) in [7, 11) is 0. The summed E-state index contributed by atoms with van der Waals surface area (Å²) in [5.74, 6) is -0.357. The fraction of sp³-hybridized carbons (Fsp3) is 0.333. The molecule has 0 radical (unpaired) electrons. The maximum Gasteiger partial charge on any atom is 0.282 e. The van der Waals surface area contributed by atoms with Gasteiger partial charge in [0.05, 0.1) is 23.2 Å². The van der Waals surface area contributed by atoms with E-state index in [-0.39, 0.29) is 25.4 Å². The lowest BCUT2D eigenvalue weighted by molar-refractivity contribution is -0.121. The fourth-order valence-electron chi connectivity index (χ4n) is 1.01. The number of halogens is 2. The lowest BCUT2D eigenvalue weighted by atomic mass is 10.4. The molecule has 0 atom stereocenters. The van der Waals surface area contributed by atoms with E-state index < -0.39 is 5.56 Å². The van der Waals surface area contributed by atoms with Gasteiger partial charge in [0.15, 0.2) is 0 Å². The number of amides is 1. The summed E-state index contributed by atoms with van der Waals surface area (Å²) < 4.78 is 1.89. The van der Waals surface area contributed by atoms with Gasteiger partial charge in [-0.1, -0.05) is 0 Å². The standard InChI is InChI=1S/C9H8Br2N4O2/c10-6-4-14-15(9(17)8(6)11)5-7(16)13-3-1-2-12/h4H,1,3,5H2,(H,13,16). The Hall–Kier alpha value is -1.20. The zero-order valence-electron chi connectivity index (χ0n) is 8.61. The number of carbonyl (C=O) groups is 1. The molecule has 90 valence electrons. The van der Waals surface area contributed by atoms with Gasteiger partial charge in [0, 0.05) is 6.54 Å². The van der Waals surface area contributed by atoms with E-state index in [0.717, 1.165) is 4.68 Å². The molecular formula is C9H8Br2N4O2. The zero-order valence-corrected chi connectivity index (χ0v) is 11.8. The Morgan fingerprint density at radius 3 is 2.94 bits per heavy atom. The van der Waals surface area contributed by atoms with Gasteiger partial charge in [0.1, 0.15) is 11.0 Å². The highest BCUT2D eigenvalue weighted by Gasteiger charge is 2.09. The summed E-state index contributed by atoms with van der Waals surface area (Å²) in [4.78, 5) is 23.0. The molecule has 0 aromatic carbocycles. The maximum atomic E-state index is 11.6. The Bertz CT molecular complexity index is 521. The van der Waals surface area contributed by atoms with E-state index in [1.54, 1.807) is 0 Å². The molecule has 6 nitrogen and oxygen atoms in total. The second-order valence-electron chi connectivity index (χ2n) is 3.03. The van der Waals surface area contributed by atoms with Crippen molar-refractivity contribution < 1.29 is 4.79 Å². The number of nitrogens with one attached hydrogen (secondary N) is 1. The van der Waals surface area contributed by atoms with Crippen molar-refractivity contribution in [3.05, 3.63) is 25.5 Å². The number of hydrogen-bond donors (Lipinski definition) is 1. The SMILES string of the molecule is N#CCCNC(=O)Cn1ncc(Br)c(Br)c1=O. The molecule has 1 N–H and O–H groups in total. The normalized spacial score (nSPS) is 9.71. The number of carbonyl (C=O) groups excluding carboxylic acids is 1. The predicted molar refractivity (Wildman–Crippen MR) is 67.1 cm³/mol. The van der Waals surface area contributed by atoms with Gasteiger partial charge >= 0.3 is 0 Å². The number of nitriles is 1. The lowest BCUT2D eigenvalue weighted by Gasteiger charge is -2.05. The summed E-state index contributed by atoms with van der Waals surface area (Å²) in [6.45, 7) is 0.0952. The molecule has 8 heteroatoms. The largest absolute Gasteiger partial charge is 0.353 e. The molecule has 1 heterocycles. The third-order valence-electron chi connectivity index (χ3n) is 1.79. The van der Waals surface area contributed by atoms with Crippen LogP contribution in [-0.4, -0.2) is 22.2 Å². The van der Waals surface area contributed by atoms with Crippen LogP contribution in [0.15, 0.2) is 19.9 Å². The molecule has 0 unspecified atom stereocenters. The Balaban J connectivity index is 2.70. The summed E-state index contributed by atoms with van der Waals surface area (Å²) in [5.41, 5.74) is -0.394. The number of aromatic nitrogens is 2. The van der Waals surface area contributed by atoms with Crippen LogP contribution in [0.5, 0.6) is 0 Å². The number of hydrogen-bond acceptors (Lipinski definition) is 4. The number of rotatable bonds is 4. The Labute approximate surface area is 114 Å². The van der Waals surface area contributed by atoms with Crippen LogP contribution in [0.2, 0.25) is 0 Å². The quantitative estimate of drug-likeness (QED) is 0.801. The Morgan fingerprint density at radius 1 is 1.59 bits per heavy atom. The van der Waals surface area contributed by atoms with Gasteiger partial charge in [-0.3, -0.25) is 9.59 Å². The van der Waals surface area contributed by atoms with E-state index in [0.29, 0.717) is 8.95 Å². The van der Waals surface area contributed by atoms with Crippen molar-refractivity contribution >= 4 is 37.8 Å². The smallest absolute Gasteiger partial charge is 0.282 e. The Morgan fingerprint density at radius 2 is 2.29 bits per heavy atom. The summed E-state index contributed by atoms with van der Waals surface area (Å²) >= 11 is 6.23. The van der Waals surface area contributed by atoms with Crippen molar-refractivity contribution in [1.82, 2.24) is 15.1 Å². The van der Waals surface area contributed by atoms with Gasteiger partial charge in [-0.25, -0.2) is 4.68 Å². The molecule has 0 aliphatic heterocycles. The average molecular weight is 364 g/mol. The molecule has 0 saturated carbocycles. The van der Waals surface area contributed by atoms with E-state index in [4.69, 9.17) is 5.26 Å². The minimum Gasteiger partial charge on any atom is -0.353 e. The van der Waals surface area contributed by atoms with E-state index in [9.17, 15) is 9.59 Å². The number of nitrogens with zero attached hydrogens (tertiary/aromatic N) is 3. The van der Waals surface area contributed by atoms with Crippen LogP contribution in [-0.2, 0) is 11.3 Å². The van der Waals surface area contributed by atoms with E-state index in [1.165, 1.54) is 6.20 Å². The second-order valence-corrected chi connectivity index (χ2v) is 4.67. The molecule has 0 fully saturated rings. The molecule has 0 aliphatic carbocycles. The van der Waals surface area contributed by atoms with Gasteiger partial charge in [-0.2, -0.15) is 10.4 Å². The fourth-order valence-corrected chi connectivity index (χ4v) is 1.58. The molecule has 0 bridgehead atoms. The van der Waals surface area contributed by atoms with Crippen molar-refractivity contribution in [2.24, 2.45) is 0 Å². The molecule has 1 aromatic heterocycles. The molecule has 0 saturated heterocycles. The van der Waals surface area contributed by atoms with E-state index in [2.05, 4.69) is 42.3 Å². The first kappa shape index (κ1) is 13.9. The van der Waals surface area contributed by atoms with Crippen LogP contribution < -0.4 is 10.9 Å².